The Labute approximate surface area is 167 Å². The van der Waals surface area contributed by atoms with Crippen LogP contribution >= 0.6 is 0 Å². The lowest BCUT2D eigenvalue weighted by atomic mass is 10.2. The first-order chi connectivity index (χ1) is 14.1. The van der Waals surface area contributed by atoms with Crippen molar-refractivity contribution in [1.29, 1.82) is 0 Å². The van der Waals surface area contributed by atoms with Crippen LogP contribution in [0.1, 0.15) is 5.82 Å². The molecule has 0 atom stereocenters. The lowest BCUT2D eigenvalue weighted by Gasteiger charge is -2.30. The molecule has 1 saturated heterocycles. The van der Waals surface area contributed by atoms with Gasteiger partial charge in [0.05, 0.1) is 24.6 Å². The van der Waals surface area contributed by atoms with Crippen LogP contribution < -0.4 is 15.5 Å². The molecule has 1 aromatic heterocycles. The van der Waals surface area contributed by atoms with Gasteiger partial charge in [-0.2, -0.15) is 0 Å². The predicted molar refractivity (Wildman–Crippen MR) is 109 cm³/mol. The molecular weight excluding hydrogens is 376 g/mol. The molecule has 0 saturated carbocycles. The summed E-state index contributed by atoms with van der Waals surface area (Å²) in [6, 6.07) is 13.4. The zero-order valence-corrected chi connectivity index (χ0v) is 16.0. The van der Waals surface area contributed by atoms with Crippen molar-refractivity contribution in [3.63, 3.8) is 0 Å². The third-order valence-corrected chi connectivity index (χ3v) is 4.55. The first-order valence-corrected chi connectivity index (χ1v) is 9.35. The van der Waals surface area contributed by atoms with Crippen LogP contribution in [0, 0.1) is 18.6 Å². The summed E-state index contributed by atoms with van der Waals surface area (Å²) < 4.78 is 32.1. The first-order valence-electron chi connectivity index (χ1n) is 9.35. The van der Waals surface area contributed by atoms with Crippen molar-refractivity contribution in [3.8, 4) is 0 Å². The van der Waals surface area contributed by atoms with Gasteiger partial charge in [0.2, 0.25) is 0 Å². The number of rotatable bonds is 5. The van der Waals surface area contributed by atoms with Gasteiger partial charge in [-0.25, -0.2) is 18.7 Å². The molecule has 0 spiro atoms. The van der Waals surface area contributed by atoms with Crippen LogP contribution in [0.4, 0.5) is 37.5 Å². The van der Waals surface area contributed by atoms with Gasteiger partial charge in [-0.15, -0.1) is 0 Å². The van der Waals surface area contributed by atoms with Crippen molar-refractivity contribution in [2.24, 2.45) is 0 Å². The van der Waals surface area contributed by atoms with Crippen molar-refractivity contribution < 1.29 is 13.5 Å². The first kappa shape index (κ1) is 19.1. The molecule has 1 aliphatic rings. The zero-order valence-electron chi connectivity index (χ0n) is 16.0. The molecule has 6 nitrogen and oxygen atoms in total. The molecule has 0 unspecified atom stereocenters. The van der Waals surface area contributed by atoms with E-state index >= 15 is 0 Å². The van der Waals surface area contributed by atoms with Crippen molar-refractivity contribution >= 4 is 28.7 Å². The fourth-order valence-electron chi connectivity index (χ4n) is 3.21. The van der Waals surface area contributed by atoms with Gasteiger partial charge in [-0.3, -0.25) is 0 Å². The largest absolute Gasteiger partial charge is 0.378 e. The van der Waals surface area contributed by atoms with E-state index in [4.69, 9.17) is 4.74 Å². The highest BCUT2D eigenvalue weighted by molar-refractivity contribution is 5.75. The van der Waals surface area contributed by atoms with Crippen LogP contribution in [-0.4, -0.2) is 36.3 Å². The number of nitrogens with zero attached hydrogens (tertiary/aromatic N) is 3. The summed E-state index contributed by atoms with van der Waals surface area (Å²) in [4.78, 5) is 11.0. The number of nitrogens with one attached hydrogen (secondary N) is 2. The van der Waals surface area contributed by atoms with E-state index in [0.717, 1.165) is 36.6 Å². The Kier molecular flexibility index (Phi) is 5.53. The van der Waals surface area contributed by atoms with Crippen LogP contribution in [0.15, 0.2) is 48.5 Å². The highest BCUT2D eigenvalue weighted by atomic mass is 19.2. The van der Waals surface area contributed by atoms with Gasteiger partial charge in [0.15, 0.2) is 11.6 Å². The van der Waals surface area contributed by atoms with Crippen molar-refractivity contribution in [3.05, 3.63) is 66.0 Å². The molecule has 0 amide bonds. The van der Waals surface area contributed by atoms with E-state index in [-0.39, 0.29) is 0 Å². The Morgan fingerprint density at radius 2 is 1.62 bits per heavy atom. The second kappa shape index (κ2) is 8.40. The summed E-state index contributed by atoms with van der Waals surface area (Å²) >= 11 is 0. The molecule has 1 aliphatic heterocycles. The molecule has 8 heteroatoms. The molecule has 3 aromatic rings. The highest BCUT2D eigenvalue weighted by Crippen LogP contribution is 2.29. The Hall–Kier alpha value is -3.26. The fraction of sp³-hybridized carbons (Fsp3) is 0.238. The van der Waals surface area contributed by atoms with E-state index in [9.17, 15) is 8.78 Å². The average molecular weight is 397 g/mol. The van der Waals surface area contributed by atoms with Gasteiger partial charge in [0.1, 0.15) is 17.5 Å². The van der Waals surface area contributed by atoms with E-state index in [1.165, 1.54) is 6.07 Å². The van der Waals surface area contributed by atoms with Gasteiger partial charge in [-0.05, 0) is 31.2 Å². The number of halogens is 2. The smallest absolute Gasteiger partial charge is 0.160 e. The minimum Gasteiger partial charge on any atom is -0.378 e. The maximum Gasteiger partial charge on any atom is 0.160 e. The average Bonchev–Trinajstić information content (AvgIpc) is 2.71. The molecule has 29 heavy (non-hydrogen) atoms. The number of para-hydroxylation sites is 2. The molecule has 2 heterocycles. The monoisotopic (exact) mass is 397 g/mol. The number of hydrogen-bond donors (Lipinski definition) is 2. The van der Waals surface area contributed by atoms with Crippen molar-refractivity contribution in [2.75, 3.05) is 41.8 Å². The molecular formula is C21H21F2N5O. The Morgan fingerprint density at radius 1 is 0.897 bits per heavy atom. The van der Waals surface area contributed by atoms with Crippen LogP contribution in [0.25, 0.3) is 0 Å². The number of aryl methyl sites for hydroxylation is 1. The quantitative estimate of drug-likeness (QED) is 0.666. The fourth-order valence-corrected chi connectivity index (χ4v) is 3.21. The number of benzene rings is 2. The van der Waals surface area contributed by atoms with Crippen LogP contribution in [0.3, 0.4) is 0 Å². The SMILES string of the molecule is Cc1nc(Nc2ccc(F)c(F)c2)cc(Nc2ccccc2N2CCOCC2)n1. The van der Waals surface area contributed by atoms with E-state index in [0.29, 0.717) is 36.4 Å². The molecule has 150 valence electrons. The number of anilines is 5. The number of ether oxygens (including phenoxy) is 1. The summed E-state index contributed by atoms with van der Waals surface area (Å²) in [5.41, 5.74) is 2.40. The number of morpholine rings is 1. The summed E-state index contributed by atoms with van der Waals surface area (Å²) in [5.74, 6) is -0.183. The van der Waals surface area contributed by atoms with Crippen LogP contribution in [0.2, 0.25) is 0 Å². The van der Waals surface area contributed by atoms with Gasteiger partial charge in [0, 0.05) is 30.9 Å². The standard InChI is InChI=1S/C21H21F2N5O/c1-14-24-20(26-15-6-7-16(22)17(23)12-15)13-21(25-14)27-18-4-2-3-5-19(18)28-8-10-29-11-9-28/h2-7,12-13H,8-11H2,1H3,(H2,24,25,26,27). The highest BCUT2D eigenvalue weighted by Gasteiger charge is 2.15. The predicted octanol–water partition coefficient (Wildman–Crippen LogP) is 4.39. The summed E-state index contributed by atoms with van der Waals surface area (Å²) in [5, 5.41) is 6.34. The molecule has 0 bridgehead atoms. The molecule has 2 aromatic carbocycles. The molecule has 0 aliphatic carbocycles. The molecule has 1 fully saturated rings. The molecule has 0 radical (unpaired) electrons. The maximum atomic E-state index is 13.5. The normalized spacial score (nSPS) is 14.0. The third-order valence-electron chi connectivity index (χ3n) is 4.55. The van der Waals surface area contributed by atoms with Crippen LogP contribution in [0.5, 0.6) is 0 Å². The summed E-state index contributed by atoms with van der Waals surface area (Å²) in [6.45, 7) is 4.82. The van der Waals surface area contributed by atoms with Gasteiger partial charge in [-0.1, -0.05) is 12.1 Å². The second-order valence-electron chi connectivity index (χ2n) is 6.68. The Morgan fingerprint density at radius 3 is 2.38 bits per heavy atom. The number of aromatic nitrogens is 2. The van der Waals surface area contributed by atoms with Crippen molar-refractivity contribution in [2.45, 2.75) is 6.92 Å². The van der Waals surface area contributed by atoms with Gasteiger partial charge >= 0.3 is 0 Å². The van der Waals surface area contributed by atoms with Crippen molar-refractivity contribution in [1.82, 2.24) is 9.97 Å². The lowest BCUT2D eigenvalue weighted by molar-refractivity contribution is 0.123. The van der Waals surface area contributed by atoms with E-state index in [2.05, 4.69) is 31.6 Å². The molecule has 2 N–H and O–H groups in total. The summed E-state index contributed by atoms with van der Waals surface area (Å²) in [7, 11) is 0. The van der Waals surface area contributed by atoms with Gasteiger partial charge < -0.3 is 20.3 Å². The van der Waals surface area contributed by atoms with Gasteiger partial charge in [0.25, 0.3) is 0 Å². The zero-order chi connectivity index (χ0) is 20.2. The van der Waals surface area contributed by atoms with E-state index in [1.807, 2.05) is 18.2 Å². The Bertz CT molecular complexity index is 1010. The lowest BCUT2D eigenvalue weighted by Crippen LogP contribution is -2.36. The van der Waals surface area contributed by atoms with Crippen LogP contribution in [-0.2, 0) is 4.74 Å². The topological polar surface area (TPSA) is 62.3 Å². The third kappa shape index (κ3) is 4.60. The molecule has 4 rings (SSSR count). The second-order valence-corrected chi connectivity index (χ2v) is 6.68. The minimum atomic E-state index is -0.918. The maximum absolute atomic E-state index is 13.5. The Balaban J connectivity index is 1.57. The minimum absolute atomic E-state index is 0.404. The number of hydrogen-bond acceptors (Lipinski definition) is 6. The van der Waals surface area contributed by atoms with E-state index in [1.54, 1.807) is 13.0 Å². The summed E-state index contributed by atoms with van der Waals surface area (Å²) in [6.07, 6.45) is 0. The van der Waals surface area contributed by atoms with E-state index < -0.39 is 11.6 Å².